The second-order valence-electron chi connectivity index (χ2n) is 5.34. The summed E-state index contributed by atoms with van der Waals surface area (Å²) in [6.45, 7) is 2.73. The summed E-state index contributed by atoms with van der Waals surface area (Å²) in [5.41, 5.74) is 0.923. The summed E-state index contributed by atoms with van der Waals surface area (Å²) in [4.78, 5) is 16.9. The molecular formula is C20H18N2O3S. The van der Waals surface area contributed by atoms with Crippen LogP contribution in [0.4, 0.5) is 0 Å². The molecule has 0 aliphatic heterocycles. The van der Waals surface area contributed by atoms with Crippen LogP contribution in [0.15, 0.2) is 53.5 Å². The maximum atomic E-state index is 12.2. The summed E-state index contributed by atoms with van der Waals surface area (Å²) in [5, 5.41) is 0. The second-order valence-corrected chi connectivity index (χ2v) is 6.35. The number of benzene rings is 2. The fourth-order valence-electron chi connectivity index (χ4n) is 2.44. The average molecular weight is 366 g/mol. The number of aromatic nitrogens is 1. The van der Waals surface area contributed by atoms with E-state index in [1.54, 1.807) is 12.1 Å². The number of ether oxygens (including phenoxy) is 2. The van der Waals surface area contributed by atoms with Crippen molar-refractivity contribution in [2.24, 2.45) is 4.99 Å². The van der Waals surface area contributed by atoms with Crippen LogP contribution in [0.2, 0.25) is 0 Å². The van der Waals surface area contributed by atoms with Crippen LogP contribution >= 0.6 is 11.3 Å². The summed E-state index contributed by atoms with van der Waals surface area (Å²) in [7, 11) is 0. The van der Waals surface area contributed by atoms with Crippen molar-refractivity contribution in [3.8, 4) is 23.8 Å². The van der Waals surface area contributed by atoms with E-state index in [9.17, 15) is 4.79 Å². The molecule has 0 aliphatic rings. The van der Waals surface area contributed by atoms with E-state index < -0.39 is 0 Å². The lowest BCUT2D eigenvalue weighted by molar-refractivity contribution is -0.120. The zero-order valence-electron chi connectivity index (χ0n) is 14.3. The highest BCUT2D eigenvalue weighted by molar-refractivity contribution is 7.16. The minimum Gasteiger partial charge on any atom is -0.494 e. The van der Waals surface area contributed by atoms with E-state index in [0.29, 0.717) is 23.7 Å². The van der Waals surface area contributed by atoms with Gasteiger partial charge in [0.15, 0.2) is 11.4 Å². The van der Waals surface area contributed by atoms with E-state index in [0.717, 1.165) is 16.0 Å². The van der Waals surface area contributed by atoms with Crippen LogP contribution in [0.25, 0.3) is 10.2 Å². The van der Waals surface area contributed by atoms with E-state index in [1.165, 1.54) is 11.3 Å². The molecule has 0 unspecified atom stereocenters. The van der Waals surface area contributed by atoms with Gasteiger partial charge in [-0.25, -0.2) is 0 Å². The van der Waals surface area contributed by atoms with Gasteiger partial charge in [-0.05, 0) is 37.3 Å². The van der Waals surface area contributed by atoms with Gasteiger partial charge in [0.25, 0.3) is 5.91 Å². The molecule has 0 saturated carbocycles. The first-order valence-corrected chi connectivity index (χ1v) is 8.98. The highest BCUT2D eigenvalue weighted by atomic mass is 32.1. The Morgan fingerprint density at radius 3 is 2.73 bits per heavy atom. The van der Waals surface area contributed by atoms with Crippen molar-refractivity contribution >= 4 is 27.5 Å². The predicted octanol–water partition coefficient (Wildman–Crippen LogP) is 3.24. The van der Waals surface area contributed by atoms with Gasteiger partial charge in [-0.15, -0.1) is 6.42 Å². The molecule has 1 aromatic heterocycles. The lowest BCUT2D eigenvalue weighted by Crippen LogP contribution is -2.19. The molecule has 0 spiro atoms. The smallest absolute Gasteiger partial charge is 0.286 e. The van der Waals surface area contributed by atoms with Gasteiger partial charge >= 0.3 is 0 Å². The number of fused-ring (bicyclic) bond motifs is 1. The molecule has 1 heterocycles. The minimum atomic E-state index is -0.365. The Balaban J connectivity index is 1.89. The van der Waals surface area contributed by atoms with Crippen LogP contribution in [0.3, 0.4) is 0 Å². The van der Waals surface area contributed by atoms with Gasteiger partial charge in [-0.2, -0.15) is 4.99 Å². The lowest BCUT2D eigenvalue weighted by atomic mass is 10.3. The van der Waals surface area contributed by atoms with E-state index in [4.69, 9.17) is 15.9 Å². The van der Waals surface area contributed by atoms with E-state index in [1.807, 2.05) is 47.9 Å². The number of rotatable bonds is 6. The summed E-state index contributed by atoms with van der Waals surface area (Å²) in [6, 6.07) is 14.9. The summed E-state index contributed by atoms with van der Waals surface area (Å²) in [5.74, 6) is 3.65. The van der Waals surface area contributed by atoms with Crippen LogP contribution in [0.5, 0.6) is 11.5 Å². The third kappa shape index (κ3) is 4.13. The van der Waals surface area contributed by atoms with Crippen LogP contribution in [-0.2, 0) is 11.3 Å². The maximum Gasteiger partial charge on any atom is 0.286 e. The fraction of sp³-hybridized carbons (Fsp3) is 0.200. The van der Waals surface area contributed by atoms with E-state index >= 15 is 0 Å². The molecule has 0 aliphatic carbocycles. The Labute approximate surface area is 155 Å². The second kappa shape index (κ2) is 8.37. The molecule has 2 aromatic carbocycles. The molecule has 0 atom stereocenters. The molecule has 0 bridgehead atoms. The van der Waals surface area contributed by atoms with Crippen molar-refractivity contribution in [2.45, 2.75) is 13.5 Å². The number of para-hydroxylation sites is 1. The van der Waals surface area contributed by atoms with Gasteiger partial charge < -0.3 is 14.0 Å². The summed E-state index contributed by atoms with van der Waals surface area (Å²) < 4.78 is 13.8. The lowest BCUT2D eigenvalue weighted by Gasteiger charge is -2.04. The highest BCUT2D eigenvalue weighted by Gasteiger charge is 2.09. The number of carbonyl (C=O) groups excluding carboxylic acids is 1. The number of thiazole rings is 1. The Hall–Kier alpha value is -3.04. The van der Waals surface area contributed by atoms with Gasteiger partial charge in [-0.1, -0.05) is 35.5 Å². The quantitative estimate of drug-likeness (QED) is 0.630. The number of hydrogen-bond donors (Lipinski definition) is 0. The first-order chi connectivity index (χ1) is 12.7. The summed E-state index contributed by atoms with van der Waals surface area (Å²) in [6.07, 6.45) is 5.48. The predicted molar refractivity (Wildman–Crippen MR) is 102 cm³/mol. The molecule has 3 rings (SSSR count). The SMILES string of the molecule is C#CCn1c(=NC(=O)COc2ccccc2)sc2cc(OCC)ccc21. The molecule has 0 saturated heterocycles. The van der Waals surface area contributed by atoms with Crippen LogP contribution in [0.1, 0.15) is 6.92 Å². The molecule has 26 heavy (non-hydrogen) atoms. The standard InChI is InChI=1S/C20H18N2O3S/c1-3-12-22-17-11-10-16(24-4-2)13-18(17)26-20(22)21-19(23)14-25-15-8-6-5-7-9-15/h1,5-11,13H,4,12,14H2,2H3. The Kier molecular flexibility index (Phi) is 5.72. The fourth-order valence-corrected chi connectivity index (χ4v) is 3.52. The molecule has 0 fully saturated rings. The van der Waals surface area contributed by atoms with Crippen molar-refractivity contribution in [1.29, 1.82) is 0 Å². The summed E-state index contributed by atoms with van der Waals surface area (Å²) >= 11 is 1.40. The monoisotopic (exact) mass is 366 g/mol. The minimum absolute atomic E-state index is 0.126. The van der Waals surface area contributed by atoms with Crippen LogP contribution in [-0.4, -0.2) is 23.7 Å². The normalized spacial score (nSPS) is 11.3. The van der Waals surface area contributed by atoms with E-state index in [-0.39, 0.29) is 12.5 Å². The van der Waals surface area contributed by atoms with Crippen molar-refractivity contribution in [1.82, 2.24) is 4.57 Å². The largest absolute Gasteiger partial charge is 0.494 e. The average Bonchev–Trinajstić information content (AvgIpc) is 2.98. The van der Waals surface area contributed by atoms with E-state index in [2.05, 4.69) is 10.9 Å². The third-order valence-electron chi connectivity index (χ3n) is 3.54. The van der Waals surface area contributed by atoms with Gasteiger partial charge in [-0.3, -0.25) is 4.79 Å². The van der Waals surface area contributed by atoms with Crippen LogP contribution < -0.4 is 14.3 Å². The van der Waals surface area contributed by atoms with Gasteiger partial charge in [0.2, 0.25) is 0 Å². The topological polar surface area (TPSA) is 52.8 Å². The van der Waals surface area contributed by atoms with Crippen molar-refractivity contribution < 1.29 is 14.3 Å². The molecule has 5 nitrogen and oxygen atoms in total. The number of terminal acetylenes is 1. The number of nitrogens with zero attached hydrogens (tertiary/aromatic N) is 2. The highest BCUT2D eigenvalue weighted by Crippen LogP contribution is 2.23. The molecule has 0 N–H and O–H groups in total. The molecule has 132 valence electrons. The molecule has 3 aromatic rings. The van der Waals surface area contributed by atoms with Gasteiger partial charge in [0, 0.05) is 0 Å². The van der Waals surface area contributed by atoms with Crippen molar-refractivity contribution in [3.05, 3.63) is 53.3 Å². The Morgan fingerprint density at radius 1 is 1.19 bits per heavy atom. The number of amides is 1. The van der Waals surface area contributed by atoms with Crippen molar-refractivity contribution in [2.75, 3.05) is 13.2 Å². The zero-order chi connectivity index (χ0) is 18.4. The molecular weight excluding hydrogens is 348 g/mol. The first-order valence-electron chi connectivity index (χ1n) is 8.16. The molecule has 0 radical (unpaired) electrons. The molecule has 6 heteroatoms. The van der Waals surface area contributed by atoms with Gasteiger partial charge in [0.05, 0.1) is 23.4 Å². The van der Waals surface area contributed by atoms with Crippen molar-refractivity contribution in [3.63, 3.8) is 0 Å². The number of carbonyl (C=O) groups is 1. The van der Waals surface area contributed by atoms with Crippen LogP contribution in [0, 0.1) is 12.3 Å². The Bertz CT molecular complexity index is 1010. The zero-order valence-corrected chi connectivity index (χ0v) is 15.2. The first kappa shape index (κ1) is 17.8. The number of hydrogen-bond acceptors (Lipinski definition) is 4. The molecule has 1 amide bonds. The maximum absolute atomic E-state index is 12.2. The third-order valence-corrected chi connectivity index (χ3v) is 4.58. The Morgan fingerprint density at radius 2 is 2.00 bits per heavy atom. The van der Waals surface area contributed by atoms with Gasteiger partial charge in [0.1, 0.15) is 11.5 Å².